The van der Waals surface area contributed by atoms with Crippen LogP contribution in [0.15, 0.2) is 297 Å². The monoisotopic (exact) mass is 1320 g/mol. The molecule has 19 rings (SSSR count). The Balaban J connectivity index is 1.07. The molecule has 0 bridgehead atoms. The average Bonchev–Trinajstić information content (AvgIpc) is 1.30. The van der Waals surface area contributed by atoms with E-state index in [0.29, 0.717) is 16.8 Å². The van der Waals surface area contributed by atoms with Crippen LogP contribution in [0.3, 0.4) is 0 Å². The molecule has 0 aliphatic carbocycles. The summed E-state index contributed by atoms with van der Waals surface area (Å²) in [7, 11) is 0. The molecule has 0 spiro atoms. The van der Waals surface area contributed by atoms with Crippen LogP contribution in [0.4, 0.5) is 34.1 Å². The standard InChI is InChI=1S/C96H76BN3S/c1-94(2,3)67-46-48-74-86(57-67)101-93-92(74)100(91-78(61-32-18-12-19-33-61)55-69(96(7,8)9)56-79(91)62-34-20-13-21-35-62)85-52-66(75-50-65-38-26-36-63-44-45-64-37-27-41-73(75)88(64)87(63)65)51-84-89(85)97(93)80-49-47-70(98-81-42-24-22-39-71(81)72-40-23-25-43-82(72)98)58-83(80)99(84)90-76(59-28-14-10-15-29-59)53-68(95(4,5)6)54-77(90)60-30-16-11-17-31-60/h10-58H,1-9H3/i47D,49D,58D. The second kappa shape index (κ2) is 22.6. The summed E-state index contributed by atoms with van der Waals surface area (Å²) in [6.07, 6.45) is 0. The van der Waals surface area contributed by atoms with E-state index in [0.717, 1.165) is 143 Å². The first-order valence-electron chi connectivity index (χ1n) is 37.0. The molecule has 0 saturated carbocycles. The van der Waals surface area contributed by atoms with E-state index in [2.05, 4.69) is 356 Å². The highest BCUT2D eigenvalue weighted by atomic mass is 32.1. The molecule has 0 saturated heterocycles. The molecule has 2 aliphatic rings. The van der Waals surface area contributed by atoms with E-state index < -0.39 is 6.71 Å². The van der Waals surface area contributed by atoms with Crippen molar-refractivity contribution in [3.8, 4) is 61.3 Å². The molecule has 0 fully saturated rings. The Kier molecular flexibility index (Phi) is 12.9. The third kappa shape index (κ3) is 9.60. The Morgan fingerprint density at radius 3 is 1.32 bits per heavy atom. The van der Waals surface area contributed by atoms with Crippen molar-refractivity contribution in [3.63, 3.8) is 0 Å². The average molecular weight is 1320 g/mol. The highest BCUT2D eigenvalue weighted by Crippen LogP contribution is 2.58. The molecule has 17 aromatic rings. The number of benzene rings is 15. The van der Waals surface area contributed by atoms with Crippen LogP contribution in [-0.4, -0.2) is 11.3 Å². The zero-order chi connectivity index (χ0) is 71.0. The van der Waals surface area contributed by atoms with Crippen molar-refractivity contribution < 1.29 is 4.11 Å². The van der Waals surface area contributed by atoms with Gasteiger partial charge in [-0.05, 0) is 182 Å². The third-order valence-corrected chi connectivity index (χ3v) is 22.8. The molecule has 4 heterocycles. The van der Waals surface area contributed by atoms with Crippen LogP contribution in [-0.2, 0) is 16.2 Å². The predicted octanol–water partition coefficient (Wildman–Crippen LogP) is 25.2. The van der Waals surface area contributed by atoms with E-state index in [1.165, 1.54) is 32.7 Å². The number of nitrogens with zero attached hydrogens (tertiary/aromatic N) is 3. The minimum Gasteiger partial charge on any atom is -0.310 e. The van der Waals surface area contributed by atoms with Gasteiger partial charge in [0.25, 0.3) is 6.71 Å². The minimum absolute atomic E-state index is 0.000348. The van der Waals surface area contributed by atoms with Gasteiger partial charge in [-0.15, -0.1) is 11.3 Å². The SMILES string of the molecule is [2H]c1c([2H])c(-n2c3ccccc3c3ccccc32)c([2H])c2c1B1c3sc4cc(C(C)(C)C)ccc4c3N(c3c(-c4ccccc4)cc(C(C)(C)C)cc3-c3ccccc3)c3cc(-c4cc5cccc6ccc7cccc4c7c65)cc(c31)N2c1c(-c2ccccc2)cc(C(C)(C)C)cc1-c1ccccc1. The summed E-state index contributed by atoms with van der Waals surface area (Å²) >= 11 is 1.81. The number of thiophene rings is 1. The first-order valence-corrected chi connectivity index (χ1v) is 36.3. The second-order valence-electron chi connectivity index (χ2n) is 30.9. The zero-order valence-corrected chi connectivity index (χ0v) is 59.2. The van der Waals surface area contributed by atoms with E-state index in [1.54, 1.807) is 11.3 Å². The van der Waals surface area contributed by atoms with Gasteiger partial charge in [-0.3, -0.25) is 0 Å². The maximum Gasteiger partial charge on any atom is 0.264 e. The fourth-order valence-corrected chi connectivity index (χ4v) is 17.9. The quantitative estimate of drug-likeness (QED) is 0.111. The van der Waals surface area contributed by atoms with Crippen LogP contribution in [0.25, 0.3) is 126 Å². The van der Waals surface area contributed by atoms with Crippen LogP contribution in [0.2, 0.25) is 0 Å². The summed E-state index contributed by atoms with van der Waals surface area (Å²) in [5.41, 5.74) is 22.5. The molecule has 3 nitrogen and oxygen atoms in total. The van der Waals surface area contributed by atoms with Gasteiger partial charge >= 0.3 is 0 Å². The number of anilines is 6. The maximum atomic E-state index is 11.8. The Morgan fingerprint density at radius 1 is 0.337 bits per heavy atom. The summed E-state index contributed by atoms with van der Waals surface area (Å²) in [5.74, 6) is 0. The Bertz CT molecular complexity index is 6220. The Morgan fingerprint density at radius 2 is 0.792 bits per heavy atom. The largest absolute Gasteiger partial charge is 0.310 e. The van der Waals surface area contributed by atoms with E-state index >= 15 is 0 Å². The minimum atomic E-state index is -0.656. The van der Waals surface area contributed by atoms with E-state index in [-0.39, 0.29) is 34.4 Å². The van der Waals surface area contributed by atoms with Gasteiger partial charge in [-0.2, -0.15) is 0 Å². The number of fused-ring (bicyclic) bond motifs is 9. The highest BCUT2D eigenvalue weighted by molar-refractivity contribution is 7.33. The molecule has 2 aliphatic heterocycles. The molecule has 0 unspecified atom stereocenters. The lowest BCUT2D eigenvalue weighted by molar-refractivity contribution is 0.590. The lowest BCUT2D eigenvalue weighted by Crippen LogP contribution is -2.60. The van der Waals surface area contributed by atoms with Crippen molar-refractivity contribution in [2.24, 2.45) is 0 Å². The fourth-order valence-electron chi connectivity index (χ4n) is 16.6. The smallest absolute Gasteiger partial charge is 0.264 e. The van der Waals surface area contributed by atoms with Crippen LogP contribution in [0.5, 0.6) is 0 Å². The molecule has 0 radical (unpaired) electrons. The predicted molar refractivity (Wildman–Crippen MR) is 437 cm³/mol. The zero-order valence-electron chi connectivity index (χ0n) is 61.4. The van der Waals surface area contributed by atoms with Crippen molar-refractivity contribution >= 4 is 132 Å². The van der Waals surface area contributed by atoms with Crippen molar-refractivity contribution in [1.29, 1.82) is 0 Å². The molecule has 0 N–H and O–H groups in total. The summed E-state index contributed by atoms with van der Waals surface area (Å²) in [5, 5.41) is 10.3. The van der Waals surface area contributed by atoms with Crippen molar-refractivity contribution in [2.45, 2.75) is 78.6 Å². The second-order valence-corrected chi connectivity index (χ2v) is 32.0. The first kappa shape index (κ1) is 57.6. The fraction of sp³-hybridized carbons (Fsp3) is 0.125. The highest BCUT2D eigenvalue weighted by Gasteiger charge is 2.48. The molecule has 101 heavy (non-hydrogen) atoms. The van der Waals surface area contributed by atoms with Gasteiger partial charge in [0.15, 0.2) is 0 Å². The molecule has 0 atom stereocenters. The van der Waals surface area contributed by atoms with Gasteiger partial charge in [0.2, 0.25) is 0 Å². The number of aromatic nitrogens is 1. The van der Waals surface area contributed by atoms with Crippen molar-refractivity contribution in [1.82, 2.24) is 4.57 Å². The van der Waals surface area contributed by atoms with E-state index in [1.807, 2.05) is 0 Å². The number of hydrogen-bond donors (Lipinski definition) is 0. The Hall–Kier alpha value is -11.2. The van der Waals surface area contributed by atoms with Crippen molar-refractivity contribution in [3.05, 3.63) is 314 Å². The third-order valence-electron chi connectivity index (χ3n) is 21.6. The van der Waals surface area contributed by atoms with Gasteiger partial charge in [0.05, 0.1) is 32.2 Å². The topological polar surface area (TPSA) is 11.4 Å². The van der Waals surface area contributed by atoms with Gasteiger partial charge in [-0.1, -0.05) is 287 Å². The summed E-state index contributed by atoms with van der Waals surface area (Å²) < 4.78 is 38.5. The molecular weight excluding hydrogens is 1240 g/mol. The van der Waals surface area contributed by atoms with Crippen LogP contribution < -0.4 is 25.5 Å². The van der Waals surface area contributed by atoms with Crippen LogP contribution >= 0.6 is 11.3 Å². The van der Waals surface area contributed by atoms with Crippen LogP contribution in [0.1, 0.15) is 83.1 Å². The number of hydrogen-bond acceptors (Lipinski definition) is 3. The molecule has 15 aromatic carbocycles. The van der Waals surface area contributed by atoms with Crippen molar-refractivity contribution in [2.75, 3.05) is 9.80 Å². The van der Waals surface area contributed by atoms with E-state index in [4.69, 9.17) is 0 Å². The molecular formula is C96H76BN3S. The molecule has 2 aromatic heterocycles. The molecule has 5 heteroatoms. The van der Waals surface area contributed by atoms with E-state index in [9.17, 15) is 4.11 Å². The van der Waals surface area contributed by atoms with Gasteiger partial charge in [0.1, 0.15) is 0 Å². The summed E-state index contributed by atoms with van der Waals surface area (Å²) in [4.78, 5) is 5.09. The lowest BCUT2D eigenvalue weighted by Gasteiger charge is -2.45. The van der Waals surface area contributed by atoms with Gasteiger partial charge in [0, 0.05) is 70.6 Å². The van der Waals surface area contributed by atoms with Gasteiger partial charge < -0.3 is 14.4 Å². The maximum absolute atomic E-state index is 11.8. The Labute approximate surface area is 600 Å². The molecule has 484 valence electrons. The lowest BCUT2D eigenvalue weighted by atomic mass is 9.36. The van der Waals surface area contributed by atoms with Gasteiger partial charge in [-0.25, -0.2) is 0 Å². The van der Waals surface area contributed by atoms with Crippen LogP contribution in [0, 0.1) is 0 Å². The summed E-state index contributed by atoms with van der Waals surface area (Å²) in [6, 6.07) is 103. The normalized spacial score (nSPS) is 13.6. The number of rotatable bonds is 8. The first-order chi connectivity index (χ1) is 50.3. The molecule has 0 amide bonds. The summed E-state index contributed by atoms with van der Waals surface area (Å²) in [6.45, 7) is 20.1. The number of para-hydroxylation sites is 2.